The monoisotopic (exact) mass is 317 g/mol. The molecule has 0 unspecified atom stereocenters. The van der Waals surface area contributed by atoms with Crippen LogP contribution in [0.3, 0.4) is 0 Å². The molecule has 3 N–H and O–H groups in total. The lowest BCUT2D eigenvalue weighted by molar-refractivity contribution is 0.262. The van der Waals surface area contributed by atoms with Crippen LogP contribution < -0.4 is 10.6 Å². The van der Waals surface area contributed by atoms with Crippen molar-refractivity contribution in [3.8, 4) is 0 Å². The van der Waals surface area contributed by atoms with Crippen molar-refractivity contribution >= 4 is 17.7 Å². The number of hydrogen-bond acceptors (Lipinski definition) is 4. The number of hydrogen-bond donors (Lipinski definition) is 3. The summed E-state index contributed by atoms with van der Waals surface area (Å²) >= 11 is 0. The van der Waals surface area contributed by atoms with E-state index in [0.717, 1.165) is 18.8 Å². The highest BCUT2D eigenvalue weighted by atomic mass is 16.2. The Bertz CT molecular complexity index is 675. The van der Waals surface area contributed by atoms with Gasteiger partial charge in [0.2, 0.25) is 0 Å². The van der Waals surface area contributed by atoms with Gasteiger partial charge in [0, 0.05) is 36.5 Å². The van der Waals surface area contributed by atoms with E-state index in [0.29, 0.717) is 23.5 Å². The average molecular weight is 317 g/mol. The van der Waals surface area contributed by atoms with Crippen molar-refractivity contribution in [1.82, 2.24) is 24.9 Å². The van der Waals surface area contributed by atoms with Gasteiger partial charge >= 0.3 is 6.03 Å². The molecule has 2 aromatic rings. The summed E-state index contributed by atoms with van der Waals surface area (Å²) in [5, 5.41) is 16.8. The highest BCUT2D eigenvalue weighted by Crippen LogP contribution is 2.46. The van der Waals surface area contributed by atoms with E-state index in [2.05, 4.69) is 37.8 Å². The Morgan fingerprint density at radius 1 is 1.43 bits per heavy atom. The van der Waals surface area contributed by atoms with Crippen LogP contribution in [0.15, 0.2) is 18.3 Å². The summed E-state index contributed by atoms with van der Waals surface area (Å²) in [5.41, 5.74) is 1.08. The first-order valence-electron chi connectivity index (χ1n) is 7.83. The molecule has 8 heteroatoms. The average Bonchev–Trinajstić information content (AvgIpc) is 2.90. The van der Waals surface area contributed by atoms with Crippen LogP contribution in [0.5, 0.6) is 0 Å². The highest BCUT2D eigenvalue weighted by Gasteiger charge is 2.35. The fourth-order valence-electron chi connectivity index (χ4n) is 2.47. The van der Waals surface area contributed by atoms with Crippen molar-refractivity contribution in [2.75, 3.05) is 31.3 Å². The van der Waals surface area contributed by atoms with Crippen LogP contribution >= 0.6 is 0 Å². The molecule has 2 heterocycles. The first-order valence-corrected chi connectivity index (χ1v) is 7.83. The van der Waals surface area contributed by atoms with E-state index < -0.39 is 0 Å². The van der Waals surface area contributed by atoms with Crippen molar-refractivity contribution in [2.45, 2.75) is 25.8 Å². The number of anilines is 2. The second kappa shape index (κ2) is 6.41. The fraction of sp³-hybridized carbons (Fsp3) is 0.533. The Morgan fingerprint density at radius 3 is 2.87 bits per heavy atom. The number of urea groups is 1. The first kappa shape index (κ1) is 15.5. The maximum Gasteiger partial charge on any atom is 0.326 e. The predicted octanol–water partition coefficient (Wildman–Crippen LogP) is 1.94. The third-order valence-electron chi connectivity index (χ3n) is 4.01. The van der Waals surface area contributed by atoms with Crippen molar-refractivity contribution in [1.29, 1.82) is 0 Å². The van der Waals surface area contributed by atoms with Gasteiger partial charge in [-0.2, -0.15) is 10.2 Å². The number of carbonyl (C=O) groups is 1. The number of aromatic nitrogens is 4. The third-order valence-corrected chi connectivity index (χ3v) is 4.01. The standard InChI is InChI=1S/C15H23N7O/c1-10-8-11(10)12-9-14(19-18-12)17-15(23)16-13-4-5-22(20-13)7-6-21(2)3/h4-5,9-11H,6-8H2,1-3H3,(H3,16,17,18,19,20,23)/t10-,11+/m1/s1. The normalized spacial score (nSPS) is 19.8. The number of nitrogens with zero attached hydrogens (tertiary/aromatic N) is 4. The smallest absolute Gasteiger partial charge is 0.308 e. The van der Waals surface area contributed by atoms with E-state index >= 15 is 0 Å². The van der Waals surface area contributed by atoms with E-state index in [1.807, 2.05) is 26.4 Å². The minimum atomic E-state index is -0.343. The second-order valence-electron chi connectivity index (χ2n) is 6.37. The van der Waals surface area contributed by atoms with Crippen LogP contribution in [-0.4, -0.2) is 51.5 Å². The molecule has 0 aliphatic heterocycles. The van der Waals surface area contributed by atoms with Gasteiger partial charge < -0.3 is 4.90 Å². The van der Waals surface area contributed by atoms with Crippen molar-refractivity contribution < 1.29 is 4.79 Å². The van der Waals surface area contributed by atoms with Gasteiger partial charge in [-0.25, -0.2) is 4.79 Å². The number of nitrogens with one attached hydrogen (secondary N) is 3. The maximum absolute atomic E-state index is 12.0. The minimum absolute atomic E-state index is 0.343. The predicted molar refractivity (Wildman–Crippen MR) is 88.5 cm³/mol. The zero-order valence-electron chi connectivity index (χ0n) is 13.7. The van der Waals surface area contributed by atoms with Gasteiger partial charge in [-0.05, 0) is 26.4 Å². The molecule has 1 aliphatic rings. The second-order valence-corrected chi connectivity index (χ2v) is 6.37. The molecule has 0 aromatic carbocycles. The molecule has 1 saturated carbocycles. The van der Waals surface area contributed by atoms with E-state index in [-0.39, 0.29) is 6.03 Å². The lowest BCUT2D eigenvalue weighted by Gasteiger charge is -2.08. The zero-order chi connectivity index (χ0) is 16.4. The number of amides is 2. The SMILES string of the molecule is C[C@@H]1C[C@@H]1c1cc(NC(=O)Nc2ccn(CCN(C)C)n2)n[nH]1. The Labute approximate surface area is 135 Å². The number of rotatable bonds is 6. The molecular formula is C15H23N7O. The summed E-state index contributed by atoms with van der Waals surface area (Å²) in [6.45, 7) is 3.87. The van der Waals surface area contributed by atoms with Crippen molar-refractivity contribution in [3.63, 3.8) is 0 Å². The molecule has 1 fully saturated rings. The zero-order valence-corrected chi connectivity index (χ0v) is 13.7. The molecule has 23 heavy (non-hydrogen) atoms. The van der Waals surface area contributed by atoms with Gasteiger partial charge in [0.05, 0.1) is 6.54 Å². The molecule has 2 atom stereocenters. The van der Waals surface area contributed by atoms with Gasteiger partial charge in [-0.3, -0.25) is 20.4 Å². The van der Waals surface area contributed by atoms with Gasteiger partial charge in [0.15, 0.2) is 11.6 Å². The first-order chi connectivity index (χ1) is 11.0. The topological polar surface area (TPSA) is 90.9 Å². The quantitative estimate of drug-likeness (QED) is 0.759. The summed E-state index contributed by atoms with van der Waals surface area (Å²) in [6, 6.07) is 3.32. The summed E-state index contributed by atoms with van der Waals surface area (Å²) < 4.78 is 1.80. The Kier molecular flexibility index (Phi) is 4.33. The molecule has 1 aliphatic carbocycles. The Hall–Kier alpha value is -2.35. The van der Waals surface area contributed by atoms with Gasteiger partial charge in [-0.1, -0.05) is 6.92 Å². The Balaban J connectivity index is 1.50. The summed E-state index contributed by atoms with van der Waals surface area (Å²) in [7, 11) is 4.02. The summed E-state index contributed by atoms with van der Waals surface area (Å²) in [5.74, 6) is 2.30. The van der Waals surface area contributed by atoms with Gasteiger partial charge in [0.1, 0.15) is 0 Å². The number of carbonyl (C=O) groups excluding carboxylic acids is 1. The van der Waals surface area contributed by atoms with Crippen LogP contribution in [0, 0.1) is 5.92 Å². The lowest BCUT2D eigenvalue weighted by Crippen LogP contribution is -2.21. The molecule has 2 aromatic heterocycles. The molecule has 124 valence electrons. The van der Waals surface area contributed by atoms with E-state index in [1.165, 1.54) is 6.42 Å². The van der Waals surface area contributed by atoms with Crippen LogP contribution in [0.2, 0.25) is 0 Å². The van der Waals surface area contributed by atoms with E-state index in [4.69, 9.17) is 0 Å². The van der Waals surface area contributed by atoms with Crippen LogP contribution in [0.1, 0.15) is 25.0 Å². The number of H-pyrrole nitrogens is 1. The maximum atomic E-state index is 12.0. The summed E-state index contributed by atoms with van der Waals surface area (Å²) in [6.07, 6.45) is 3.03. The molecule has 8 nitrogen and oxygen atoms in total. The third kappa shape index (κ3) is 4.10. The highest BCUT2D eigenvalue weighted by molar-refractivity contribution is 5.98. The van der Waals surface area contributed by atoms with Gasteiger partial charge in [0.25, 0.3) is 0 Å². The fourth-order valence-corrected chi connectivity index (χ4v) is 2.47. The van der Waals surface area contributed by atoms with Crippen LogP contribution in [0.4, 0.5) is 16.4 Å². The largest absolute Gasteiger partial charge is 0.326 e. The van der Waals surface area contributed by atoms with E-state index in [1.54, 1.807) is 10.7 Å². The number of aromatic amines is 1. The molecule has 2 amide bonds. The number of likely N-dealkylation sites (N-methyl/N-ethyl adjacent to an activating group) is 1. The molecule has 0 bridgehead atoms. The van der Waals surface area contributed by atoms with E-state index in [9.17, 15) is 4.79 Å². The molecule has 0 radical (unpaired) electrons. The van der Waals surface area contributed by atoms with Crippen LogP contribution in [-0.2, 0) is 6.54 Å². The molecule has 0 saturated heterocycles. The van der Waals surface area contributed by atoms with Gasteiger partial charge in [-0.15, -0.1) is 0 Å². The minimum Gasteiger partial charge on any atom is -0.308 e. The Morgan fingerprint density at radius 2 is 2.17 bits per heavy atom. The lowest BCUT2D eigenvalue weighted by atomic mass is 10.2. The summed E-state index contributed by atoms with van der Waals surface area (Å²) in [4.78, 5) is 14.1. The molecule has 3 rings (SSSR count). The molecular weight excluding hydrogens is 294 g/mol. The molecule has 0 spiro atoms. The van der Waals surface area contributed by atoms with Crippen molar-refractivity contribution in [3.05, 3.63) is 24.0 Å². The van der Waals surface area contributed by atoms with Crippen LogP contribution in [0.25, 0.3) is 0 Å². The van der Waals surface area contributed by atoms with Crippen molar-refractivity contribution in [2.24, 2.45) is 5.92 Å².